The summed E-state index contributed by atoms with van der Waals surface area (Å²) in [5.41, 5.74) is 1.84. The molecule has 0 radical (unpaired) electrons. The van der Waals surface area contributed by atoms with Gasteiger partial charge in [-0.15, -0.1) is 12.4 Å². The van der Waals surface area contributed by atoms with Crippen LogP contribution in [0.2, 0.25) is 0 Å². The van der Waals surface area contributed by atoms with Crippen LogP contribution in [0, 0.1) is 0 Å². The van der Waals surface area contributed by atoms with Crippen LogP contribution in [0.3, 0.4) is 0 Å². The molecular formula is C18H18ClNO3S. The second kappa shape index (κ2) is 6.59. The molecule has 0 saturated heterocycles. The maximum absolute atomic E-state index is 12.8. The Kier molecular flexibility index (Phi) is 4.67. The molecule has 4 nitrogen and oxygen atoms in total. The molecule has 6 heteroatoms. The van der Waals surface area contributed by atoms with Gasteiger partial charge >= 0.3 is 0 Å². The van der Waals surface area contributed by atoms with Gasteiger partial charge in [0, 0.05) is 23.9 Å². The summed E-state index contributed by atoms with van der Waals surface area (Å²) < 4.78 is 31.5. The normalized spacial score (nSPS) is 14.7. The van der Waals surface area contributed by atoms with Crippen molar-refractivity contribution in [3.8, 4) is 0 Å². The molecule has 1 N–H and O–H groups in total. The van der Waals surface area contributed by atoms with E-state index in [-0.39, 0.29) is 12.4 Å². The number of rotatable bonds is 2. The third-order valence-corrected chi connectivity index (χ3v) is 6.04. The maximum Gasteiger partial charge on any atom is 0.206 e. The lowest BCUT2D eigenvalue weighted by Gasteiger charge is -2.05. The minimum atomic E-state index is -3.51. The number of sulfone groups is 1. The van der Waals surface area contributed by atoms with Gasteiger partial charge in [0.15, 0.2) is 0 Å². The van der Waals surface area contributed by atoms with Gasteiger partial charge < -0.3 is 9.73 Å². The van der Waals surface area contributed by atoms with E-state index in [9.17, 15) is 8.42 Å². The van der Waals surface area contributed by atoms with Crippen LogP contribution in [0.5, 0.6) is 0 Å². The molecule has 2 aromatic carbocycles. The van der Waals surface area contributed by atoms with Crippen LogP contribution < -0.4 is 5.32 Å². The summed E-state index contributed by atoms with van der Waals surface area (Å²) in [5.74, 6) is 0.972. The molecule has 0 bridgehead atoms. The second-order valence-electron chi connectivity index (χ2n) is 5.76. The summed E-state index contributed by atoms with van der Waals surface area (Å²) in [4.78, 5) is 0.621. The zero-order valence-corrected chi connectivity index (χ0v) is 14.6. The molecule has 0 atom stereocenters. The Morgan fingerprint density at radius 3 is 2.58 bits per heavy atom. The van der Waals surface area contributed by atoms with E-state index in [1.165, 1.54) is 0 Å². The number of hydrogen-bond donors (Lipinski definition) is 1. The van der Waals surface area contributed by atoms with Gasteiger partial charge in [-0.25, -0.2) is 8.42 Å². The van der Waals surface area contributed by atoms with E-state index in [2.05, 4.69) is 5.32 Å². The van der Waals surface area contributed by atoms with Crippen molar-refractivity contribution in [2.24, 2.45) is 0 Å². The minimum absolute atomic E-state index is 0. The summed E-state index contributed by atoms with van der Waals surface area (Å²) in [5, 5.41) is 4.26. The fraction of sp³-hybridized carbons (Fsp3) is 0.222. The molecule has 0 aliphatic carbocycles. The summed E-state index contributed by atoms with van der Waals surface area (Å²) >= 11 is 0. The second-order valence-corrected chi connectivity index (χ2v) is 7.71. The first-order valence-electron chi connectivity index (χ1n) is 7.71. The van der Waals surface area contributed by atoms with E-state index in [0.29, 0.717) is 9.79 Å². The van der Waals surface area contributed by atoms with Crippen LogP contribution in [-0.4, -0.2) is 15.0 Å². The lowest BCUT2D eigenvalue weighted by atomic mass is 10.1. The third kappa shape index (κ3) is 2.83. The average molecular weight is 364 g/mol. The Hall–Kier alpha value is -1.82. The first kappa shape index (κ1) is 17.0. The number of halogens is 1. The molecule has 2 heterocycles. The SMILES string of the molecule is Cl.O=S(=O)(c1ccccc1)c1ccc2oc3c(c2c1)CNCCC3. The van der Waals surface area contributed by atoms with Crippen molar-refractivity contribution < 1.29 is 12.8 Å². The Bertz CT molecular complexity index is 965. The Balaban J connectivity index is 0.00000169. The Morgan fingerprint density at radius 1 is 1.00 bits per heavy atom. The van der Waals surface area contributed by atoms with Gasteiger partial charge in [-0.05, 0) is 43.3 Å². The number of furan rings is 1. The molecule has 0 fully saturated rings. The molecule has 1 aromatic heterocycles. The molecule has 0 saturated carbocycles. The van der Waals surface area contributed by atoms with E-state index < -0.39 is 9.84 Å². The number of fused-ring (bicyclic) bond motifs is 3. The predicted octanol–water partition coefficient (Wildman–Crippen LogP) is 3.72. The number of benzene rings is 2. The summed E-state index contributed by atoms with van der Waals surface area (Å²) in [7, 11) is -3.51. The van der Waals surface area contributed by atoms with Gasteiger partial charge in [-0.1, -0.05) is 18.2 Å². The minimum Gasteiger partial charge on any atom is -0.461 e. The van der Waals surface area contributed by atoms with Crippen LogP contribution in [0.4, 0.5) is 0 Å². The molecule has 0 spiro atoms. The quantitative estimate of drug-likeness (QED) is 0.753. The smallest absolute Gasteiger partial charge is 0.206 e. The average Bonchev–Trinajstić information content (AvgIpc) is 2.76. The van der Waals surface area contributed by atoms with Crippen LogP contribution in [-0.2, 0) is 22.8 Å². The van der Waals surface area contributed by atoms with Gasteiger partial charge in [-0.2, -0.15) is 0 Å². The fourth-order valence-corrected chi connectivity index (χ4v) is 4.37. The van der Waals surface area contributed by atoms with Crippen LogP contribution in [0.25, 0.3) is 11.0 Å². The number of aryl methyl sites for hydroxylation is 1. The highest BCUT2D eigenvalue weighted by Gasteiger charge is 2.21. The Labute approximate surface area is 147 Å². The highest BCUT2D eigenvalue weighted by Crippen LogP contribution is 2.31. The standard InChI is InChI=1S/C18H17NO3S.ClH/c20-23(21,13-5-2-1-3-6-13)14-8-9-18-15(11-14)16-12-19-10-4-7-17(16)22-18;/h1-3,5-6,8-9,11,19H,4,7,10,12H2;1H. The van der Waals surface area contributed by atoms with Crippen molar-refractivity contribution in [1.82, 2.24) is 5.32 Å². The van der Waals surface area contributed by atoms with E-state index in [1.807, 2.05) is 6.07 Å². The largest absolute Gasteiger partial charge is 0.461 e. The molecular weight excluding hydrogens is 346 g/mol. The molecule has 1 aliphatic heterocycles. The zero-order chi connectivity index (χ0) is 15.9. The summed E-state index contributed by atoms with van der Waals surface area (Å²) in [6, 6.07) is 13.7. The fourth-order valence-electron chi connectivity index (χ4n) is 3.06. The third-order valence-electron chi connectivity index (χ3n) is 4.27. The van der Waals surface area contributed by atoms with Crippen molar-refractivity contribution in [3.05, 3.63) is 59.9 Å². The van der Waals surface area contributed by atoms with Gasteiger partial charge in [0.2, 0.25) is 9.84 Å². The monoisotopic (exact) mass is 363 g/mol. The molecule has 0 unspecified atom stereocenters. The van der Waals surface area contributed by atoms with Crippen molar-refractivity contribution in [3.63, 3.8) is 0 Å². The van der Waals surface area contributed by atoms with Crippen LogP contribution in [0.1, 0.15) is 17.7 Å². The number of nitrogens with one attached hydrogen (secondary N) is 1. The molecule has 0 amide bonds. The first-order chi connectivity index (χ1) is 11.2. The van der Waals surface area contributed by atoms with Crippen molar-refractivity contribution in [1.29, 1.82) is 0 Å². The molecule has 24 heavy (non-hydrogen) atoms. The highest BCUT2D eigenvalue weighted by molar-refractivity contribution is 7.91. The van der Waals surface area contributed by atoms with E-state index in [1.54, 1.807) is 42.5 Å². The lowest BCUT2D eigenvalue weighted by Crippen LogP contribution is -2.12. The van der Waals surface area contributed by atoms with Crippen molar-refractivity contribution in [2.45, 2.75) is 29.2 Å². The predicted molar refractivity (Wildman–Crippen MR) is 95.4 cm³/mol. The zero-order valence-electron chi connectivity index (χ0n) is 13.0. The van der Waals surface area contributed by atoms with E-state index in [0.717, 1.165) is 48.2 Å². The van der Waals surface area contributed by atoms with Gasteiger partial charge in [0.1, 0.15) is 11.3 Å². The maximum atomic E-state index is 12.8. The van der Waals surface area contributed by atoms with Crippen LogP contribution >= 0.6 is 12.4 Å². The molecule has 4 rings (SSSR count). The van der Waals surface area contributed by atoms with Gasteiger partial charge in [0.25, 0.3) is 0 Å². The van der Waals surface area contributed by atoms with Gasteiger partial charge in [-0.3, -0.25) is 0 Å². The van der Waals surface area contributed by atoms with Crippen molar-refractivity contribution in [2.75, 3.05) is 6.54 Å². The van der Waals surface area contributed by atoms with Crippen LogP contribution in [0.15, 0.2) is 62.7 Å². The first-order valence-corrected chi connectivity index (χ1v) is 9.20. The molecule has 1 aliphatic rings. The van der Waals surface area contributed by atoms with Gasteiger partial charge in [0.05, 0.1) is 9.79 Å². The number of hydrogen-bond acceptors (Lipinski definition) is 4. The molecule has 126 valence electrons. The lowest BCUT2D eigenvalue weighted by molar-refractivity contribution is 0.541. The van der Waals surface area contributed by atoms with Crippen molar-refractivity contribution >= 4 is 33.2 Å². The molecule has 3 aromatic rings. The topological polar surface area (TPSA) is 59.3 Å². The summed E-state index contributed by atoms with van der Waals surface area (Å²) in [6.07, 6.45) is 1.92. The van der Waals surface area contributed by atoms with E-state index >= 15 is 0 Å². The Morgan fingerprint density at radius 2 is 1.79 bits per heavy atom. The summed E-state index contributed by atoms with van der Waals surface area (Å²) in [6.45, 7) is 1.67. The van der Waals surface area contributed by atoms with E-state index in [4.69, 9.17) is 4.42 Å². The highest BCUT2D eigenvalue weighted by atomic mass is 35.5.